The van der Waals surface area contributed by atoms with Gasteiger partial charge in [-0.25, -0.2) is 14.8 Å². The SMILES string of the molecule is CCOC(=O)c1c(C)nc(Cc2ccncc2)nc1N. The average molecular weight is 272 g/mol. The van der Waals surface area contributed by atoms with Gasteiger partial charge in [-0.05, 0) is 31.5 Å². The molecule has 0 aromatic carbocycles. The molecule has 0 amide bonds. The number of hydrogen-bond acceptors (Lipinski definition) is 6. The molecule has 2 heterocycles. The summed E-state index contributed by atoms with van der Waals surface area (Å²) in [6.45, 7) is 3.75. The van der Waals surface area contributed by atoms with Crippen molar-refractivity contribution in [3.63, 3.8) is 0 Å². The molecule has 0 aliphatic heterocycles. The normalized spacial score (nSPS) is 10.3. The highest BCUT2D eigenvalue weighted by atomic mass is 16.5. The Morgan fingerprint density at radius 3 is 2.60 bits per heavy atom. The van der Waals surface area contributed by atoms with E-state index in [2.05, 4.69) is 15.0 Å². The Bertz CT molecular complexity index is 591. The summed E-state index contributed by atoms with van der Waals surface area (Å²) in [4.78, 5) is 24.2. The summed E-state index contributed by atoms with van der Waals surface area (Å²) >= 11 is 0. The number of carbonyl (C=O) groups is 1. The Morgan fingerprint density at radius 2 is 2.00 bits per heavy atom. The fourth-order valence-corrected chi connectivity index (χ4v) is 1.87. The molecule has 0 aliphatic rings. The topological polar surface area (TPSA) is 91.0 Å². The first-order valence-electron chi connectivity index (χ1n) is 6.30. The van der Waals surface area contributed by atoms with E-state index < -0.39 is 5.97 Å². The number of nitrogens with zero attached hydrogens (tertiary/aromatic N) is 3. The third-order valence-corrected chi connectivity index (χ3v) is 2.76. The van der Waals surface area contributed by atoms with E-state index in [-0.39, 0.29) is 18.0 Å². The molecule has 0 unspecified atom stereocenters. The van der Waals surface area contributed by atoms with Crippen LogP contribution in [0.4, 0.5) is 5.82 Å². The Kier molecular flexibility index (Phi) is 4.24. The Labute approximate surface area is 117 Å². The van der Waals surface area contributed by atoms with Crippen LogP contribution in [0.25, 0.3) is 0 Å². The maximum absolute atomic E-state index is 11.8. The van der Waals surface area contributed by atoms with Crippen molar-refractivity contribution in [1.82, 2.24) is 15.0 Å². The van der Waals surface area contributed by atoms with Gasteiger partial charge in [0.2, 0.25) is 0 Å². The van der Waals surface area contributed by atoms with Crippen LogP contribution in [0, 0.1) is 6.92 Å². The summed E-state index contributed by atoms with van der Waals surface area (Å²) in [7, 11) is 0. The van der Waals surface area contributed by atoms with Gasteiger partial charge in [0.1, 0.15) is 17.2 Å². The monoisotopic (exact) mass is 272 g/mol. The lowest BCUT2D eigenvalue weighted by Gasteiger charge is -2.09. The van der Waals surface area contributed by atoms with Gasteiger partial charge in [0.15, 0.2) is 0 Å². The number of aryl methyl sites for hydroxylation is 1. The molecule has 6 heteroatoms. The van der Waals surface area contributed by atoms with Gasteiger partial charge >= 0.3 is 5.97 Å². The summed E-state index contributed by atoms with van der Waals surface area (Å²) in [5, 5.41) is 0. The van der Waals surface area contributed by atoms with Gasteiger partial charge in [-0.3, -0.25) is 4.98 Å². The number of esters is 1. The molecule has 2 aromatic heterocycles. The van der Waals surface area contributed by atoms with Gasteiger partial charge in [-0.2, -0.15) is 0 Å². The number of anilines is 1. The van der Waals surface area contributed by atoms with Crippen molar-refractivity contribution in [2.24, 2.45) is 0 Å². The molecule has 2 N–H and O–H groups in total. The van der Waals surface area contributed by atoms with Crippen LogP contribution in [0.3, 0.4) is 0 Å². The summed E-state index contributed by atoms with van der Waals surface area (Å²) < 4.78 is 4.94. The number of pyridine rings is 1. The molecule has 2 aromatic rings. The second kappa shape index (κ2) is 6.10. The molecule has 104 valence electrons. The van der Waals surface area contributed by atoms with Crippen LogP contribution in [0.2, 0.25) is 0 Å². The lowest BCUT2D eigenvalue weighted by molar-refractivity contribution is 0.0526. The summed E-state index contributed by atoms with van der Waals surface area (Å²) in [5.74, 6) is 0.234. The number of nitrogen functional groups attached to an aromatic ring is 1. The Balaban J connectivity index is 2.28. The van der Waals surface area contributed by atoms with E-state index in [4.69, 9.17) is 10.5 Å². The molecule has 0 bridgehead atoms. The van der Waals surface area contributed by atoms with Crippen molar-refractivity contribution in [2.45, 2.75) is 20.3 Å². The third kappa shape index (κ3) is 3.09. The summed E-state index contributed by atoms with van der Waals surface area (Å²) in [6, 6.07) is 3.77. The van der Waals surface area contributed by atoms with Crippen molar-refractivity contribution in [3.05, 3.63) is 47.2 Å². The number of ether oxygens (including phenoxy) is 1. The van der Waals surface area contributed by atoms with E-state index in [1.54, 1.807) is 26.2 Å². The second-order valence-electron chi connectivity index (χ2n) is 4.24. The Hall–Kier alpha value is -2.50. The fraction of sp³-hybridized carbons (Fsp3) is 0.286. The highest BCUT2D eigenvalue weighted by Gasteiger charge is 2.17. The van der Waals surface area contributed by atoms with Crippen LogP contribution >= 0.6 is 0 Å². The molecule has 0 spiro atoms. The molecular weight excluding hydrogens is 256 g/mol. The first kappa shape index (κ1) is 13.9. The maximum atomic E-state index is 11.8. The first-order chi connectivity index (χ1) is 9.61. The van der Waals surface area contributed by atoms with Crippen molar-refractivity contribution < 1.29 is 9.53 Å². The fourth-order valence-electron chi connectivity index (χ4n) is 1.87. The smallest absolute Gasteiger partial charge is 0.343 e. The predicted molar refractivity (Wildman–Crippen MR) is 74.2 cm³/mol. The Morgan fingerprint density at radius 1 is 1.30 bits per heavy atom. The van der Waals surface area contributed by atoms with Crippen LogP contribution < -0.4 is 5.73 Å². The highest BCUT2D eigenvalue weighted by molar-refractivity contribution is 5.95. The molecule has 0 saturated heterocycles. The van der Waals surface area contributed by atoms with Crippen LogP contribution in [0.15, 0.2) is 24.5 Å². The molecular formula is C14H16N4O2. The van der Waals surface area contributed by atoms with Crippen LogP contribution in [-0.2, 0) is 11.2 Å². The van der Waals surface area contributed by atoms with Gasteiger partial charge in [0.25, 0.3) is 0 Å². The van der Waals surface area contributed by atoms with Crippen molar-refractivity contribution in [2.75, 3.05) is 12.3 Å². The molecule has 0 saturated carbocycles. The summed E-state index contributed by atoms with van der Waals surface area (Å²) in [6.07, 6.45) is 3.95. The summed E-state index contributed by atoms with van der Waals surface area (Å²) in [5.41, 5.74) is 7.64. The zero-order valence-corrected chi connectivity index (χ0v) is 11.5. The number of rotatable bonds is 4. The van der Waals surface area contributed by atoms with Gasteiger partial charge < -0.3 is 10.5 Å². The molecule has 6 nitrogen and oxygen atoms in total. The van der Waals surface area contributed by atoms with E-state index in [0.29, 0.717) is 17.9 Å². The first-order valence-corrected chi connectivity index (χ1v) is 6.30. The largest absolute Gasteiger partial charge is 0.462 e. The predicted octanol–water partition coefficient (Wildman–Crippen LogP) is 1.53. The molecule has 2 rings (SSSR count). The molecule has 20 heavy (non-hydrogen) atoms. The quantitative estimate of drug-likeness (QED) is 0.849. The van der Waals surface area contributed by atoms with Gasteiger partial charge in [0.05, 0.1) is 12.3 Å². The molecule has 0 aliphatic carbocycles. The average Bonchev–Trinajstić information content (AvgIpc) is 2.39. The van der Waals surface area contributed by atoms with E-state index in [0.717, 1.165) is 5.56 Å². The van der Waals surface area contributed by atoms with Gasteiger partial charge in [-0.15, -0.1) is 0 Å². The number of carbonyl (C=O) groups excluding carboxylic acids is 1. The van der Waals surface area contributed by atoms with E-state index in [1.165, 1.54) is 0 Å². The second-order valence-corrected chi connectivity index (χ2v) is 4.24. The molecule has 0 atom stereocenters. The van der Waals surface area contributed by atoms with Crippen LogP contribution in [0.5, 0.6) is 0 Å². The minimum atomic E-state index is -0.488. The van der Waals surface area contributed by atoms with Gasteiger partial charge in [-0.1, -0.05) is 0 Å². The zero-order chi connectivity index (χ0) is 14.5. The number of aromatic nitrogens is 3. The van der Waals surface area contributed by atoms with Crippen molar-refractivity contribution >= 4 is 11.8 Å². The third-order valence-electron chi connectivity index (χ3n) is 2.76. The highest BCUT2D eigenvalue weighted by Crippen LogP contribution is 2.16. The van der Waals surface area contributed by atoms with Crippen LogP contribution in [-0.4, -0.2) is 27.5 Å². The van der Waals surface area contributed by atoms with E-state index in [9.17, 15) is 4.79 Å². The maximum Gasteiger partial charge on any atom is 0.343 e. The van der Waals surface area contributed by atoms with E-state index in [1.807, 2.05) is 12.1 Å². The van der Waals surface area contributed by atoms with Crippen molar-refractivity contribution in [1.29, 1.82) is 0 Å². The zero-order valence-electron chi connectivity index (χ0n) is 11.5. The lowest BCUT2D eigenvalue weighted by Crippen LogP contribution is -2.14. The standard InChI is InChI=1S/C14H16N4O2/c1-3-20-14(19)12-9(2)17-11(18-13(12)15)8-10-4-6-16-7-5-10/h4-7H,3,8H2,1-2H3,(H2,15,17,18). The number of nitrogens with two attached hydrogens (primary N) is 1. The van der Waals surface area contributed by atoms with Crippen molar-refractivity contribution in [3.8, 4) is 0 Å². The lowest BCUT2D eigenvalue weighted by atomic mass is 10.1. The minimum absolute atomic E-state index is 0.153. The minimum Gasteiger partial charge on any atom is -0.462 e. The molecule has 0 radical (unpaired) electrons. The number of hydrogen-bond donors (Lipinski definition) is 1. The van der Waals surface area contributed by atoms with E-state index >= 15 is 0 Å². The van der Waals surface area contributed by atoms with Crippen LogP contribution in [0.1, 0.15) is 34.4 Å². The van der Waals surface area contributed by atoms with Gasteiger partial charge in [0, 0.05) is 18.8 Å². The molecule has 0 fully saturated rings.